The monoisotopic (exact) mass is 409 g/mol. The second kappa shape index (κ2) is 23.9. The van der Waals surface area contributed by atoms with Gasteiger partial charge in [-0.1, -0.05) is 15.9 Å². The van der Waals surface area contributed by atoms with Gasteiger partial charge in [-0.05, 0) is 0 Å². The summed E-state index contributed by atoms with van der Waals surface area (Å²) in [7, 11) is 0. The van der Waals surface area contributed by atoms with Crippen LogP contribution in [0, 0.1) is 0 Å². The first-order valence-corrected chi connectivity index (χ1v) is 1.80. The van der Waals surface area contributed by atoms with Crippen molar-refractivity contribution in [2.24, 2.45) is 5.73 Å². The molecule has 0 heterocycles. The Balaban J connectivity index is -0.00000000667. The number of nitrogens with two attached hydrogens (primary N) is 1. The molecule has 0 aliphatic rings. The predicted molar refractivity (Wildman–Crippen MR) is 35.1 cm³/mol. The van der Waals surface area contributed by atoms with Gasteiger partial charge in [-0.3, -0.25) is 0 Å². The maximum absolute atomic E-state index is 4.76. The number of rotatable bonds is 0. The zero-order chi connectivity index (χ0) is 2.71. The Hall–Kier alpha value is 3.34. The van der Waals surface area contributed by atoms with Gasteiger partial charge in [0.1, 0.15) is 0 Å². The molecule has 0 aliphatic carbocycles. The van der Waals surface area contributed by atoms with Crippen LogP contribution in [0.5, 0.6) is 0 Å². The molecule has 0 aromatic rings. The summed E-state index contributed by atoms with van der Waals surface area (Å²) in [4.78, 5) is 0. The van der Waals surface area contributed by atoms with Crippen LogP contribution >= 0.6 is 15.9 Å². The molecule has 34 valence electrons. The van der Waals surface area contributed by atoms with E-state index < -0.39 is 0 Å². The van der Waals surface area contributed by atoms with Gasteiger partial charge in [-0.25, -0.2) is 0 Å². The van der Waals surface area contributed by atoms with Crippen LogP contribution in [0.2, 0.25) is 0 Å². The van der Waals surface area contributed by atoms with E-state index >= 15 is 0 Å². The van der Waals surface area contributed by atoms with Gasteiger partial charge in [0.2, 0.25) is 0 Å². The summed E-state index contributed by atoms with van der Waals surface area (Å²) >= 11 is 2.92. The van der Waals surface area contributed by atoms with Crippen molar-refractivity contribution < 1.29 is 21.7 Å². The van der Waals surface area contributed by atoms with E-state index in [1.54, 1.807) is 0 Å². The van der Waals surface area contributed by atoms with Crippen molar-refractivity contribution in [2.45, 2.75) is 0 Å². The Kier molecular flexibility index (Phi) is 90.6. The molecule has 0 saturated carbocycles. The van der Waals surface area contributed by atoms with Gasteiger partial charge < -0.3 is 5.73 Å². The van der Waals surface area contributed by atoms with E-state index in [-0.39, 0.29) is 86.8 Å². The molecule has 6 heavy (non-hydrogen) atoms. The van der Waals surface area contributed by atoms with Crippen molar-refractivity contribution in [1.29, 1.82) is 0 Å². The van der Waals surface area contributed by atoms with Crippen LogP contribution in [0.3, 0.4) is 0 Å². The number of alkyl halides is 1. The Morgan fingerprint density at radius 3 is 1.50 bits per heavy atom. The topological polar surface area (TPSA) is 26.0 Å². The third kappa shape index (κ3) is 26.5. The average molecular weight is 409 g/mol. The molecule has 0 unspecified atom stereocenters. The maximum atomic E-state index is 4.76. The minimum absolute atomic E-state index is 0. The average Bonchev–Trinajstić information content (AvgIpc) is 0.918. The molecule has 0 spiro atoms. The van der Waals surface area contributed by atoms with E-state index in [2.05, 4.69) is 15.9 Å². The Morgan fingerprint density at radius 1 is 1.50 bits per heavy atom. The summed E-state index contributed by atoms with van der Waals surface area (Å²) in [5.41, 5.74) is 5.33. The van der Waals surface area contributed by atoms with Crippen LogP contribution in [0.15, 0.2) is 0 Å². The largest absolute Gasteiger partial charge is 0 e. The molecule has 0 aliphatic heterocycles. The second-order valence-corrected chi connectivity index (χ2v) is 0.802. The predicted octanol–water partition coefficient (Wildman–Crippen LogP) is -1.54. The molecule has 5 heteroatoms. The zero-order valence-electron chi connectivity index (χ0n) is 2.87. The van der Waals surface area contributed by atoms with Crippen molar-refractivity contribution in [1.82, 2.24) is 0 Å². The maximum Gasteiger partial charge on any atom is 0 e. The third-order valence-corrected chi connectivity index (χ3v) is 0. The summed E-state index contributed by atoms with van der Waals surface area (Å²) in [6.45, 7) is 0. The van der Waals surface area contributed by atoms with Crippen LogP contribution in [0.25, 0.3) is 0 Å². The van der Waals surface area contributed by atoms with E-state index in [1.165, 1.54) is 0 Å². The molecule has 0 bridgehead atoms. The Morgan fingerprint density at radius 2 is 1.50 bits per heavy atom. The molecule has 0 fully saturated rings. The smallest absolute Gasteiger partial charge is 0 e. The quantitative estimate of drug-likeness (QED) is 0.293. The molecule has 0 aromatic carbocycles. The molecule has 1 nitrogen and oxygen atoms in total. The van der Waals surface area contributed by atoms with Gasteiger partial charge in [0, 0.05) is 27.2 Å². The fraction of sp³-hybridized carbons (Fsp3) is 1.00. The van der Waals surface area contributed by atoms with Crippen molar-refractivity contribution in [2.75, 3.05) is 5.45 Å². The zero-order valence-corrected chi connectivity index (χ0v) is 11.5. The van der Waals surface area contributed by atoms with Crippen LogP contribution in [-0.4, -0.2) is 70.5 Å². The summed E-state index contributed by atoms with van der Waals surface area (Å²) < 4.78 is 0. The molecule has 2 N–H and O–H groups in total. The van der Waals surface area contributed by atoms with E-state index in [4.69, 9.17) is 5.73 Å². The van der Waals surface area contributed by atoms with Gasteiger partial charge in [-0.15, -0.1) is 0 Å². The van der Waals surface area contributed by atoms with Gasteiger partial charge >= 0.3 is 65.0 Å². The van der Waals surface area contributed by atoms with Gasteiger partial charge in [0.05, 0.1) is 0 Å². The third-order valence-electron chi connectivity index (χ3n) is 0. The fourth-order valence-electron chi connectivity index (χ4n) is 0. The Labute approximate surface area is 111 Å². The van der Waals surface area contributed by atoms with Crippen molar-refractivity contribution in [3.8, 4) is 0 Å². The van der Waals surface area contributed by atoms with Gasteiger partial charge in [-0.2, -0.15) is 0 Å². The molecule has 2 radical (unpaired) electrons. The summed E-state index contributed by atoms with van der Waals surface area (Å²) in [5, 5.41) is 0. The summed E-state index contributed by atoms with van der Waals surface area (Å²) in [6, 6.07) is 0. The number of hydrogen-bond donors (Lipinski definition) is 1. The van der Waals surface area contributed by atoms with E-state index in [9.17, 15) is 0 Å². The molecule has 0 amide bonds. The minimum atomic E-state index is 0. The van der Waals surface area contributed by atoms with Crippen LogP contribution in [0.1, 0.15) is 0 Å². The van der Waals surface area contributed by atoms with Crippen molar-refractivity contribution in [3.05, 3.63) is 0 Å². The number of hydrogen-bond acceptors (Lipinski definition) is 1. The van der Waals surface area contributed by atoms with Crippen LogP contribution in [-0.2, 0) is 21.7 Å². The molecular formula is CH8BrCaNPbTi. The number of halogens is 1. The first-order chi connectivity index (χ1) is 1.41. The first kappa shape index (κ1) is 22.8. The van der Waals surface area contributed by atoms with E-state index in [0.717, 1.165) is 0 Å². The first-order valence-electron chi connectivity index (χ1n) is 0.676. The van der Waals surface area contributed by atoms with Gasteiger partial charge in [0.25, 0.3) is 0 Å². The minimum Gasteiger partial charge on any atom is 0 e. The van der Waals surface area contributed by atoms with Crippen LogP contribution < -0.4 is 5.73 Å². The normalized spacial score (nSPS) is 3.00. The molecule has 0 aromatic heterocycles. The van der Waals surface area contributed by atoms with Gasteiger partial charge in [0.15, 0.2) is 0 Å². The molecule has 0 saturated heterocycles. The standard InChI is InChI=1S/CH4BrN.Ca.Pb.Ti.4H/c2-1-3;;;;;;;/h1,3H2;;;;;;;. The summed E-state index contributed by atoms with van der Waals surface area (Å²) in [6.07, 6.45) is 0. The molecule has 0 atom stereocenters. The van der Waals surface area contributed by atoms with E-state index in [0.29, 0.717) is 5.45 Å². The summed E-state index contributed by atoms with van der Waals surface area (Å²) in [5.74, 6) is 0. The molecular weight excluding hydrogens is 401 g/mol. The Bertz CT molecular complexity index is 15.5. The SMILES string of the molecule is NCBr.[CaH2].[PbH2].[Ti]. The molecule has 0 rings (SSSR count). The van der Waals surface area contributed by atoms with Crippen LogP contribution in [0.4, 0.5) is 0 Å². The van der Waals surface area contributed by atoms with Crippen molar-refractivity contribution in [3.63, 3.8) is 0 Å². The van der Waals surface area contributed by atoms with Crippen molar-refractivity contribution >= 4 is 81.0 Å². The van der Waals surface area contributed by atoms with E-state index in [1.807, 2.05) is 0 Å². The second-order valence-electron chi connectivity index (χ2n) is 0.154. The fourth-order valence-corrected chi connectivity index (χ4v) is 0.